The fourth-order valence-corrected chi connectivity index (χ4v) is 7.15. The molecular formula is C31H32O4S2. The second-order valence-electron chi connectivity index (χ2n) is 9.60. The molecule has 37 heavy (non-hydrogen) atoms. The summed E-state index contributed by atoms with van der Waals surface area (Å²) in [7, 11) is -7.23. The summed E-state index contributed by atoms with van der Waals surface area (Å²) in [5.74, 6) is 0.0109. The molecule has 0 aliphatic rings. The standard InChI is InChI=1S/C31H32O4S2/c1-6-31(25-9-15-27(16-10-25)36(32,33)29-13-7-21(2)23(4)19-29)26-11-17-28(18-12-26)37(34,35)30-14-8-22(3)24(5)20-30/h7-20,31H,6H2,1-5H3. The molecule has 4 rings (SSSR count). The zero-order valence-electron chi connectivity index (χ0n) is 21.8. The predicted molar refractivity (Wildman–Crippen MR) is 148 cm³/mol. The Morgan fingerprint density at radius 2 is 0.811 bits per heavy atom. The van der Waals surface area contributed by atoms with Crippen molar-refractivity contribution in [3.05, 3.63) is 118 Å². The van der Waals surface area contributed by atoms with Crippen LogP contribution in [0.1, 0.15) is 52.6 Å². The van der Waals surface area contributed by atoms with Crippen LogP contribution in [0.4, 0.5) is 0 Å². The lowest BCUT2D eigenvalue weighted by molar-refractivity contribution is 0.594. The maximum Gasteiger partial charge on any atom is 0.206 e. The van der Waals surface area contributed by atoms with E-state index in [2.05, 4.69) is 6.92 Å². The molecule has 0 saturated carbocycles. The number of hydrogen-bond acceptors (Lipinski definition) is 4. The number of benzene rings is 4. The molecule has 0 atom stereocenters. The smallest absolute Gasteiger partial charge is 0.206 e. The Labute approximate surface area is 220 Å². The van der Waals surface area contributed by atoms with Gasteiger partial charge in [-0.3, -0.25) is 0 Å². The molecule has 4 aromatic rings. The quantitative estimate of drug-likeness (QED) is 0.254. The molecule has 0 amide bonds. The molecule has 0 aliphatic carbocycles. The van der Waals surface area contributed by atoms with E-state index in [0.29, 0.717) is 0 Å². The van der Waals surface area contributed by atoms with Gasteiger partial charge in [0.1, 0.15) is 0 Å². The van der Waals surface area contributed by atoms with Crippen LogP contribution in [-0.2, 0) is 19.7 Å². The number of aryl methyl sites for hydroxylation is 4. The van der Waals surface area contributed by atoms with Crippen LogP contribution in [0.5, 0.6) is 0 Å². The Bertz CT molecular complexity index is 1520. The van der Waals surface area contributed by atoms with Crippen LogP contribution in [0.3, 0.4) is 0 Å². The average molecular weight is 533 g/mol. The minimum atomic E-state index is -3.61. The van der Waals surface area contributed by atoms with Gasteiger partial charge in [-0.15, -0.1) is 0 Å². The molecular weight excluding hydrogens is 500 g/mol. The van der Waals surface area contributed by atoms with Gasteiger partial charge in [0.05, 0.1) is 19.6 Å². The zero-order valence-corrected chi connectivity index (χ0v) is 23.4. The first-order valence-electron chi connectivity index (χ1n) is 12.3. The molecule has 0 fully saturated rings. The number of hydrogen-bond donors (Lipinski definition) is 0. The van der Waals surface area contributed by atoms with Gasteiger partial charge in [-0.1, -0.05) is 43.3 Å². The van der Waals surface area contributed by atoms with E-state index in [1.807, 2.05) is 64.1 Å². The summed E-state index contributed by atoms with van der Waals surface area (Å²) in [5.41, 5.74) is 5.93. The van der Waals surface area contributed by atoms with Crippen LogP contribution in [0.2, 0.25) is 0 Å². The summed E-state index contributed by atoms with van der Waals surface area (Å²) in [6, 6.07) is 24.4. The van der Waals surface area contributed by atoms with Crippen molar-refractivity contribution in [2.24, 2.45) is 0 Å². The molecule has 192 valence electrons. The van der Waals surface area contributed by atoms with Crippen molar-refractivity contribution in [3.8, 4) is 0 Å². The molecule has 4 nitrogen and oxygen atoms in total. The Balaban J connectivity index is 1.60. The summed E-state index contributed by atoms with van der Waals surface area (Å²) < 4.78 is 52.6. The van der Waals surface area contributed by atoms with E-state index in [-0.39, 0.29) is 25.5 Å². The van der Waals surface area contributed by atoms with Gasteiger partial charge >= 0.3 is 0 Å². The first-order chi connectivity index (χ1) is 17.4. The van der Waals surface area contributed by atoms with Gasteiger partial charge in [-0.25, -0.2) is 16.8 Å². The fraction of sp³-hybridized carbons (Fsp3) is 0.226. The van der Waals surface area contributed by atoms with Crippen LogP contribution in [0, 0.1) is 27.7 Å². The molecule has 4 aromatic carbocycles. The molecule has 6 heteroatoms. The summed E-state index contributed by atoms with van der Waals surface area (Å²) in [6.07, 6.45) is 0.784. The van der Waals surface area contributed by atoms with Crippen molar-refractivity contribution in [2.75, 3.05) is 0 Å². The number of rotatable bonds is 7. The van der Waals surface area contributed by atoms with Crippen LogP contribution in [0.15, 0.2) is 105 Å². The summed E-state index contributed by atoms with van der Waals surface area (Å²) in [5, 5.41) is 0. The highest BCUT2D eigenvalue weighted by Gasteiger charge is 2.21. The molecule has 0 radical (unpaired) electrons. The zero-order chi connectivity index (χ0) is 27.0. The minimum Gasteiger partial charge on any atom is -0.219 e. The molecule has 0 heterocycles. The maximum atomic E-state index is 13.1. The monoisotopic (exact) mass is 532 g/mol. The van der Waals surface area contributed by atoms with Crippen LogP contribution < -0.4 is 0 Å². The first-order valence-corrected chi connectivity index (χ1v) is 15.3. The normalized spacial score (nSPS) is 12.2. The van der Waals surface area contributed by atoms with Crippen LogP contribution in [0.25, 0.3) is 0 Å². The van der Waals surface area contributed by atoms with Gasteiger partial charge in [0.25, 0.3) is 0 Å². The highest BCUT2D eigenvalue weighted by Crippen LogP contribution is 2.32. The first kappa shape index (κ1) is 26.8. The van der Waals surface area contributed by atoms with Crippen molar-refractivity contribution in [1.82, 2.24) is 0 Å². The largest absolute Gasteiger partial charge is 0.219 e. The lowest BCUT2D eigenvalue weighted by Gasteiger charge is -2.17. The Hall–Kier alpha value is -3.22. The molecule has 0 bridgehead atoms. The van der Waals surface area contributed by atoms with E-state index < -0.39 is 19.7 Å². The van der Waals surface area contributed by atoms with Crippen molar-refractivity contribution >= 4 is 19.7 Å². The van der Waals surface area contributed by atoms with Gasteiger partial charge in [-0.05, 0) is 116 Å². The van der Waals surface area contributed by atoms with Gasteiger partial charge in [-0.2, -0.15) is 0 Å². The highest BCUT2D eigenvalue weighted by atomic mass is 32.2. The van der Waals surface area contributed by atoms with E-state index in [9.17, 15) is 16.8 Å². The third-order valence-electron chi connectivity index (χ3n) is 7.17. The van der Waals surface area contributed by atoms with E-state index >= 15 is 0 Å². The van der Waals surface area contributed by atoms with Crippen molar-refractivity contribution in [3.63, 3.8) is 0 Å². The molecule has 0 spiro atoms. The fourth-order valence-electron chi connectivity index (χ4n) is 4.46. The molecule has 0 N–H and O–H groups in total. The second kappa shape index (κ2) is 10.3. The van der Waals surface area contributed by atoms with Gasteiger partial charge in [0.15, 0.2) is 0 Å². The lowest BCUT2D eigenvalue weighted by Crippen LogP contribution is -2.06. The van der Waals surface area contributed by atoms with Crippen LogP contribution in [-0.4, -0.2) is 16.8 Å². The van der Waals surface area contributed by atoms with E-state index in [0.717, 1.165) is 39.8 Å². The highest BCUT2D eigenvalue weighted by molar-refractivity contribution is 7.91. The van der Waals surface area contributed by atoms with Crippen molar-refractivity contribution in [2.45, 2.75) is 66.5 Å². The van der Waals surface area contributed by atoms with Crippen LogP contribution >= 0.6 is 0 Å². The molecule has 0 saturated heterocycles. The maximum absolute atomic E-state index is 13.1. The average Bonchev–Trinajstić information content (AvgIpc) is 2.88. The summed E-state index contributed by atoms with van der Waals surface area (Å²) >= 11 is 0. The molecule has 0 unspecified atom stereocenters. The second-order valence-corrected chi connectivity index (χ2v) is 13.5. The summed E-state index contributed by atoms with van der Waals surface area (Å²) in [4.78, 5) is 1.08. The topological polar surface area (TPSA) is 68.3 Å². The Morgan fingerprint density at radius 3 is 1.11 bits per heavy atom. The summed E-state index contributed by atoms with van der Waals surface area (Å²) in [6.45, 7) is 9.78. The predicted octanol–water partition coefficient (Wildman–Crippen LogP) is 7.13. The van der Waals surface area contributed by atoms with Gasteiger partial charge < -0.3 is 0 Å². The SMILES string of the molecule is CCC(c1ccc(S(=O)(=O)c2ccc(C)c(C)c2)cc1)c1ccc(S(=O)(=O)c2ccc(C)c(C)c2)cc1. The van der Waals surface area contributed by atoms with Crippen molar-refractivity contribution in [1.29, 1.82) is 0 Å². The Morgan fingerprint density at radius 1 is 0.486 bits per heavy atom. The molecule has 0 aromatic heterocycles. The third-order valence-corrected chi connectivity index (χ3v) is 10.7. The Kier molecular flexibility index (Phi) is 7.45. The third kappa shape index (κ3) is 5.27. The lowest BCUT2D eigenvalue weighted by atomic mass is 9.89. The number of sulfone groups is 2. The minimum absolute atomic E-state index is 0.0109. The van der Waals surface area contributed by atoms with E-state index in [4.69, 9.17) is 0 Å². The van der Waals surface area contributed by atoms with E-state index in [1.54, 1.807) is 48.5 Å². The van der Waals surface area contributed by atoms with Crippen molar-refractivity contribution < 1.29 is 16.8 Å². The van der Waals surface area contributed by atoms with Gasteiger partial charge in [0.2, 0.25) is 19.7 Å². The molecule has 0 aliphatic heterocycles. The van der Waals surface area contributed by atoms with E-state index in [1.165, 1.54) is 0 Å². The van der Waals surface area contributed by atoms with Gasteiger partial charge in [0, 0.05) is 5.92 Å².